The molecule has 0 aliphatic rings. The highest BCUT2D eigenvalue weighted by Crippen LogP contribution is 2.28. The van der Waals surface area contributed by atoms with Crippen molar-refractivity contribution in [3.63, 3.8) is 0 Å². The molecule has 0 fully saturated rings. The van der Waals surface area contributed by atoms with Gasteiger partial charge in [-0.25, -0.2) is 0 Å². The Morgan fingerprint density at radius 2 is 1.67 bits per heavy atom. The lowest BCUT2D eigenvalue weighted by molar-refractivity contribution is 0.110. The Morgan fingerprint density at radius 3 is 2.17 bits per heavy atom. The molecule has 0 radical (unpaired) electrons. The maximum absolute atomic E-state index is 10.6. The van der Waals surface area contributed by atoms with Crippen molar-refractivity contribution in [2.75, 3.05) is 26.2 Å². The number of nitrogens with zero attached hydrogens (tertiary/aromatic N) is 1. The Hall–Kier alpha value is -0.770. The van der Waals surface area contributed by atoms with E-state index in [2.05, 4.69) is 18.7 Å². The normalized spacial score (nSPS) is 12.6. The second-order valence-electron chi connectivity index (χ2n) is 6.35. The van der Waals surface area contributed by atoms with Gasteiger partial charge in [-0.15, -0.1) is 0 Å². The lowest BCUT2D eigenvalue weighted by Gasteiger charge is -2.25. The largest absolute Gasteiger partial charge is 0.492 e. The second kappa shape index (κ2) is 12.6. The molecule has 1 aromatic rings. The first-order valence-electron chi connectivity index (χ1n) is 9.44. The second-order valence-corrected chi connectivity index (χ2v) is 6.76. The molecule has 0 aliphatic carbocycles. The summed E-state index contributed by atoms with van der Waals surface area (Å²) in [6, 6.07) is 5.59. The third-order valence-electron chi connectivity index (χ3n) is 4.23. The van der Waals surface area contributed by atoms with Crippen LogP contribution in [0.25, 0.3) is 0 Å². The van der Waals surface area contributed by atoms with E-state index in [1.54, 1.807) is 0 Å². The highest BCUT2D eigenvalue weighted by molar-refractivity contribution is 6.32. The van der Waals surface area contributed by atoms with E-state index in [-0.39, 0.29) is 0 Å². The van der Waals surface area contributed by atoms with Crippen molar-refractivity contribution >= 4 is 11.6 Å². The van der Waals surface area contributed by atoms with Crippen LogP contribution in [0.1, 0.15) is 71.0 Å². The monoisotopic (exact) mass is 355 g/mol. The standard InChI is InChI=1S/C20H34ClNO2/c1-4-7-9-13-22(14-10-8-5-2)16-19(23)17-11-12-20(24-6-3)18(21)15-17/h11-12,15,19,23H,4-10,13-14,16H2,1-3H3. The Bertz CT molecular complexity index is 443. The summed E-state index contributed by atoms with van der Waals surface area (Å²) >= 11 is 6.24. The molecule has 24 heavy (non-hydrogen) atoms. The Labute approximate surface area is 153 Å². The van der Waals surface area contributed by atoms with E-state index in [1.807, 2.05) is 25.1 Å². The van der Waals surface area contributed by atoms with E-state index in [1.165, 1.54) is 38.5 Å². The molecular weight excluding hydrogens is 322 g/mol. The number of hydrogen-bond donors (Lipinski definition) is 1. The SMILES string of the molecule is CCCCCN(CCCCC)CC(O)c1ccc(OCC)c(Cl)c1. The molecule has 0 saturated carbocycles. The Balaban J connectivity index is 2.63. The van der Waals surface area contributed by atoms with Gasteiger partial charge in [0, 0.05) is 6.54 Å². The molecule has 138 valence electrons. The van der Waals surface area contributed by atoms with Gasteiger partial charge < -0.3 is 14.7 Å². The van der Waals surface area contributed by atoms with Gasteiger partial charge in [-0.2, -0.15) is 0 Å². The summed E-state index contributed by atoms with van der Waals surface area (Å²) in [7, 11) is 0. The van der Waals surface area contributed by atoms with Gasteiger partial charge >= 0.3 is 0 Å². The zero-order valence-corrected chi connectivity index (χ0v) is 16.3. The molecular formula is C20H34ClNO2. The van der Waals surface area contributed by atoms with Crippen LogP contribution in [0.2, 0.25) is 5.02 Å². The predicted molar refractivity (Wildman–Crippen MR) is 103 cm³/mol. The van der Waals surface area contributed by atoms with Gasteiger partial charge in [0.25, 0.3) is 0 Å². The number of rotatable bonds is 13. The van der Waals surface area contributed by atoms with Crippen LogP contribution in [0.3, 0.4) is 0 Å². The first kappa shape index (κ1) is 21.3. The number of unbranched alkanes of at least 4 members (excludes halogenated alkanes) is 4. The highest BCUT2D eigenvalue weighted by atomic mass is 35.5. The number of aliphatic hydroxyl groups is 1. The van der Waals surface area contributed by atoms with Gasteiger partial charge in [-0.3, -0.25) is 0 Å². The van der Waals surface area contributed by atoms with Crippen molar-refractivity contribution in [3.05, 3.63) is 28.8 Å². The van der Waals surface area contributed by atoms with E-state index in [4.69, 9.17) is 16.3 Å². The average molecular weight is 356 g/mol. The van der Waals surface area contributed by atoms with Crippen LogP contribution >= 0.6 is 11.6 Å². The number of hydrogen-bond acceptors (Lipinski definition) is 3. The molecule has 4 heteroatoms. The van der Waals surface area contributed by atoms with Crippen LogP contribution in [0.4, 0.5) is 0 Å². The summed E-state index contributed by atoms with van der Waals surface area (Å²) in [6.45, 7) is 9.74. The van der Waals surface area contributed by atoms with Crippen LogP contribution in [0.5, 0.6) is 5.75 Å². The highest BCUT2D eigenvalue weighted by Gasteiger charge is 2.15. The first-order valence-corrected chi connectivity index (χ1v) is 9.82. The van der Waals surface area contributed by atoms with Crippen molar-refractivity contribution in [3.8, 4) is 5.75 Å². The molecule has 3 nitrogen and oxygen atoms in total. The summed E-state index contributed by atoms with van der Waals surface area (Å²) in [6.07, 6.45) is 6.81. The molecule has 1 rings (SSSR count). The lowest BCUT2D eigenvalue weighted by atomic mass is 10.1. The molecule has 1 atom stereocenters. The number of aliphatic hydroxyl groups excluding tert-OH is 1. The summed E-state index contributed by atoms with van der Waals surface area (Å²) in [5.74, 6) is 0.679. The van der Waals surface area contributed by atoms with E-state index in [0.29, 0.717) is 23.9 Å². The number of benzene rings is 1. The Morgan fingerprint density at radius 1 is 1.04 bits per heavy atom. The summed E-state index contributed by atoms with van der Waals surface area (Å²) < 4.78 is 5.46. The van der Waals surface area contributed by atoms with Crippen molar-refractivity contribution < 1.29 is 9.84 Å². The van der Waals surface area contributed by atoms with Crippen molar-refractivity contribution in [2.24, 2.45) is 0 Å². The Kier molecular flexibility index (Phi) is 11.1. The molecule has 0 aliphatic heterocycles. The van der Waals surface area contributed by atoms with Gasteiger partial charge in [0.05, 0.1) is 17.7 Å². The topological polar surface area (TPSA) is 32.7 Å². The van der Waals surface area contributed by atoms with Gasteiger partial charge in [0.15, 0.2) is 0 Å². The molecule has 0 amide bonds. The fourth-order valence-electron chi connectivity index (χ4n) is 2.81. The van der Waals surface area contributed by atoms with Gasteiger partial charge in [0.2, 0.25) is 0 Å². The molecule has 0 aromatic heterocycles. The van der Waals surface area contributed by atoms with Gasteiger partial charge in [-0.1, -0.05) is 57.2 Å². The number of halogens is 1. The maximum atomic E-state index is 10.6. The lowest BCUT2D eigenvalue weighted by Crippen LogP contribution is -2.30. The van der Waals surface area contributed by atoms with Crippen LogP contribution < -0.4 is 4.74 Å². The van der Waals surface area contributed by atoms with E-state index in [9.17, 15) is 5.11 Å². The zero-order chi connectivity index (χ0) is 17.8. The minimum absolute atomic E-state index is 0.513. The smallest absolute Gasteiger partial charge is 0.137 e. The summed E-state index contributed by atoms with van der Waals surface area (Å²) in [4.78, 5) is 2.39. The quantitative estimate of drug-likeness (QED) is 0.477. The fourth-order valence-corrected chi connectivity index (χ4v) is 3.06. The third kappa shape index (κ3) is 7.87. The first-order chi connectivity index (χ1) is 11.6. The molecule has 0 bridgehead atoms. The number of ether oxygens (including phenoxy) is 1. The maximum Gasteiger partial charge on any atom is 0.137 e. The predicted octanol–water partition coefficient (Wildman–Crippen LogP) is 5.45. The third-order valence-corrected chi connectivity index (χ3v) is 4.52. The van der Waals surface area contributed by atoms with Gasteiger partial charge in [-0.05, 0) is 50.6 Å². The zero-order valence-electron chi connectivity index (χ0n) is 15.6. The summed E-state index contributed by atoms with van der Waals surface area (Å²) in [5, 5.41) is 11.2. The minimum atomic E-state index is -0.513. The van der Waals surface area contributed by atoms with Crippen LogP contribution in [-0.2, 0) is 0 Å². The summed E-state index contributed by atoms with van der Waals surface area (Å²) in [5.41, 5.74) is 0.861. The molecule has 0 spiro atoms. The molecule has 1 unspecified atom stereocenters. The van der Waals surface area contributed by atoms with Crippen LogP contribution in [0.15, 0.2) is 18.2 Å². The van der Waals surface area contributed by atoms with Crippen LogP contribution in [0, 0.1) is 0 Å². The van der Waals surface area contributed by atoms with E-state index >= 15 is 0 Å². The average Bonchev–Trinajstić information content (AvgIpc) is 2.57. The van der Waals surface area contributed by atoms with E-state index in [0.717, 1.165) is 18.7 Å². The molecule has 0 saturated heterocycles. The molecule has 0 heterocycles. The van der Waals surface area contributed by atoms with Crippen molar-refractivity contribution in [2.45, 2.75) is 65.4 Å². The van der Waals surface area contributed by atoms with Gasteiger partial charge in [0.1, 0.15) is 5.75 Å². The van der Waals surface area contributed by atoms with Crippen LogP contribution in [-0.4, -0.2) is 36.2 Å². The molecule has 1 aromatic carbocycles. The molecule has 1 N–H and O–H groups in total. The minimum Gasteiger partial charge on any atom is -0.492 e. The van der Waals surface area contributed by atoms with E-state index < -0.39 is 6.10 Å². The van der Waals surface area contributed by atoms with Crippen molar-refractivity contribution in [1.29, 1.82) is 0 Å². The fraction of sp³-hybridized carbons (Fsp3) is 0.700. The van der Waals surface area contributed by atoms with Crippen molar-refractivity contribution in [1.82, 2.24) is 4.90 Å².